The molecule has 0 aromatic heterocycles. The quantitative estimate of drug-likeness (QED) is 0.544. The van der Waals surface area contributed by atoms with Gasteiger partial charge in [0.1, 0.15) is 0 Å². The van der Waals surface area contributed by atoms with Crippen LogP contribution in [0.2, 0.25) is 0 Å². The second kappa shape index (κ2) is 7.13. The van der Waals surface area contributed by atoms with Crippen LogP contribution in [0.25, 0.3) is 0 Å². The molecular weight excluding hydrogens is 351 g/mol. The largest absolute Gasteiger partial charge is 0.519 e. The molecule has 0 aromatic carbocycles. The number of hydrogen-bond donors (Lipinski definition) is 1. The van der Waals surface area contributed by atoms with Crippen LogP contribution in [-0.4, -0.2) is 41.0 Å². The minimum Gasteiger partial charge on any atom is -0.465 e. The number of halogens is 3. The van der Waals surface area contributed by atoms with Crippen LogP contribution in [0, 0.1) is 5.41 Å². The van der Waals surface area contributed by atoms with Crippen molar-refractivity contribution in [2.75, 3.05) is 12.4 Å². The van der Waals surface area contributed by atoms with Crippen molar-refractivity contribution in [1.82, 2.24) is 0 Å². The van der Waals surface area contributed by atoms with Crippen molar-refractivity contribution in [3.8, 4) is 0 Å². The van der Waals surface area contributed by atoms with Gasteiger partial charge in [-0.05, 0) is 26.7 Å². The van der Waals surface area contributed by atoms with E-state index < -0.39 is 42.7 Å². The molecule has 0 aliphatic heterocycles. The number of sulfonamides is 1. The fraction of sp³-hybridized carbons (Fsp3) is 0.900. The Morgan fingerprint density at radius 3 is 2.14 bits per heavy atom. The molecule has 0 aromatic rings. The molecule has 0 rings (SSSR count). The molecule has 0 aliphatic rings. The Labute approximate surface area is 127 Å². The van der Waals surface area contributed by atoms with Crippen LogP contribution >= 0.6 is 0 Å². The summed E-state index contributed by atoms with van der Waals surface area (Å²) in [5, 5.41) is 0. The summed E-state index contributed by atoms with van der Waals surface area (Å²) in [6.45, 7) is 4.66. The van der Waals surface area contributed by atoms with Crippen molar-refractivity contribution in [2.45, 2.75) is 39.1 Å². The summed E-state index contributed by atoms with van der Waals surface area (Å²) >= 11 is 0. The zero-order valence-electron chi connectivity index (χ0n) is 12.2. The van der Waals surface area contributed by atoms with Crippen LogP contribution in [-0.2, 0) is 29.6 Å². The third-order valence-corrected chi connectivity index (χ3v) is 5.85. The number of carbonyl (C=O) groups excluding carboxylic acids is 1. The minimum atomic E-state index is -6.04. The van der Waals surface area contributed by atoms with E-state index in [-0.39, 0.29) is 13.0 Å². The van der Waals surface area contributed by atoms with Crippen molar-refractivity contribution in [3.63, 3.8) is 0 Å². The SMILES string of the molecule is CCC(C)(C)C(=O)OCCCS(=O)(O)=NS(=O)(=O)C(F)(F)F. The van der Waals surface area contributed by atoms with E-state index in [1.54, 1.807) is 20.8 Å². The van der Waals surface area contributed by atoms with Gasteiger partial charge in [0, 0.05) is 0 Å². The van der Waals surface area contributed by atoms with Crippen molar-refractivity contribution < 1.29 is 39.9 Å². The molecule has 0 saturated carbocycles. The highest BCUT2D eigenvalue weighted by molar-refractivity contribution is 8.01. The van der Waals surface area contributed by atoms with Gasteiger partial charge < -0.3 is 4.74 Å². The summed E-state index contributed by atoms with van der Waals surface area (Å²) in [4.78, 5) is 11.6. The van der Waals surface area contributed by atoms with Gasteiger partial charge in [0.15, 0.2) is 10.0 Å². The number of nitrogens with zero attached hydrogens (tertiary/aromatic N) is 1. The molecule has 1 unspecified atom stereocenters. The van der Waals surface area contributed by atoms with Gasteiger partial charge in [-0.3, -0.25) is 9.35 Å². The summed E-state index contributed by atoms with van der Waals surface area (Å²) in [6, 6.07) is 0. The molecule has 7 nitrogen and oxygen atoms in total. The molecule has 22 heavy (non-hydrogen) atoms. The summed E-state index contributed by atoms with van der Waals surface area (Å²) in [5.74, 6) is -1.44. The molecule has 0 heterocycles. The highest BCUT2D eigenvalue weighted by Gasteiger charge is 2.47. The van der Waals surface area contributed by atoms with E-state index in [0.29, 0.717) is 6.42 Å². The lowest BCUT2D eigenvalue weighted by Crippen LogP contribution is -2.26. The molecule has 12 heteroatoms. The molecule has 0 bridgehead atoms. The van der Waals surface area contributed by atoms with Crippen molar-refractivity contribution in [1.29, 1.82) is 0 Å². The number of hydrogen-bond acceptors (Lipinski definition) is 5. The van der Waals surface area contributed by atoms with Gasteiger partial charge in [0.2, 0.25) is 0 Å². The van der Waals surface area contributed by atoms with Crippen molar-refractivity contribution in [3.05, 3.63) is 0 Å². The maximum Gasteiger partial charge on any atom is 0.519 e. The second-order valence-corrected chi connectivity index (χ2v) is 8.66. The number of esters is 1. The highest BCUT2D eigenvalue weighted by Crippen LogP contribution is 2.26. The third kappa shape index (κ3) is 6.48. The van der Waals surface area contributed by atoms with Crippen LogP contribution in [0.3, 0.4) is 0 Å². The molecule has 1 N–H and O–H groups in total. The van der Waals surface area contributed by atoms with Gasteiger partial charge in [-0.25, -0.2) is 4.21 Å². The monoisotopic (exact) mass is 369 g/mol. The molecule has 132 valence electrons. The molecule has 0 fully saturated rings. The molecule has 1 atom stereocenters. The van der Waals surface area contributed by atoms with Crippen LogP contribution in [0.15, 0.2) is 3.77 Å². The first-order valence-electron chi connectivity index (χ1n) is 6.12. The average Bonchev–Trinajstić information content (AvgIpc) is 2.31. The van der Waals surface area contributed by atoms with Crippen LogP contribution < -0.4 is 0 Å². The summed E-state index contributed by atoms with van der Waals surface area (Å²) in [5.41, 5.74) is -6.50. The van der Waals surface area contributed by atoms with E-state index in [1.807, 2.05) is 3.77 Å². The third-order valence-electron chi connectivity index (χ3n) is 2.73. The average molecular weight is 369 g/mol. The molecule has 0 radical (unpaired) electrons. The van der Waals surface area contributed by atoms with E-state index in [4.69, 9.17) is 9.29 Å². The van der Waals surface area contributed by atoms with E-state index in [0.717, 1.165) is 0 Å². The second-order valence-electron chi connectivity index (χ2n) is 5.03. The number of ether oxygens (including phenoxy) is 1. The molecule has 0 amide bonds. The summed E-state index contributed by atoms with van der Waals surface area (Å²) in [7, 11) is -10.6. The first-order chi connectivity index (χ1) is 9.65. The van der Waals surface area contributed by atoms with Gasteiger partial charge >= 0.3 is 21.5 Å². The van der Waals surface area contributed by atoms with Gasteiger partial charge in [-0.1, -0.05) is 10.7 Å². The Balaban J connectivity index is 4.67. The number of rotatable bonds is 7. The van der Waals surface area contributed by atoms with Crippen LogP contribution in [0.1, 0.15) is 33.6 Å². The molecule has 0 aliphatic carbocycles. The molecule has 0 spiro atoms. The lowest BCUT2D eigenvalue weighted by atomic mass is 9.91. The normalized spacial score (nSPS) is 16.0. The smallest absolute Gasteiger partial charge is 0.465 e. The minimum absolute atomic E-state index is 0.308. The lowest BCUT2D eigenvalue weighted by molar-refractivity contribution is -0.154. The van der Waals surface area contributed by atoms with E-state index in [9.17, 15) is 30.6 Å². The van der Waals surface area contributed by atoms with Crippen LogP contribution in [0.4, 0.5) is 13.2 Å². The van der Waals surface area contributed by atoms with Gasteiger partial charge in [-0.2, -0.15) is 21.6 Å². The fourth-order valence-electron chi connectivity index (χ4n) is 0.984. The lowest BCUT2D eigenvalue weighted by Gasteiger charge is -2.20. The van der Waals surface area contributed by atoms with Crippen molar-refractivity contribution in [2.24, 2.45) is 9.18 Å². The fourth-order valence-corrected chi connectivity index (χ4v) is 3.34. The Hall–Kier alpha value is -0.880. The summed E-state index contributed by atoms with van der Waals surface area (Å²) in [6.07, 6.45) is 0.180. The van der Waals surface area contributed by atoms with Crippen molar-refractivity contribution >= 4 is 26.0 Å². The van der Waals surface area contributed by atoms with Gasteiger partial charge in [0.25, 0.3) is 0 Å². The van der Waals surface area contributed by atoms with E-state index >= 15 is 0 Å². The standard InChI is InChI=1S/C10H18F3NO6S2/c1-4-9(2,3)8(15)20-6-5-7-21(16,17)14-22(18,19)10(11,12)13/h4-7H2,1-3H3,(H,14,16,17). The predicted octanol–water partition coefficient (Wildman–Crippen LogP) is 2.15. The Kier molecular flexibility index (Phi) is 6.84. The molecular formula is C10H18F3NO6S2. The van der Waals surface area contributed by atoms with E-state index in [2.05, 4.69) is 0 Å². The van der Waals surface area contributed by atoms with Gasteiger partial charge in [0.05, 0.1) is 17.8 Å². The Morgan fingerprint density at radius 1 is 1.23 bits per heavy atom. The maximum absolute atomic E-state index is 12.0. The zero-order valence-corrected chi connectivity index (χ0v) is 13.8. The Morgan fingerprint density at radius 2 is 1.73 bits per heavy atom. The predicted molar refractivity (Wildman–Crippen MR) is 72.7 cm³/mol. The van der Waals surface area contributed by atoms with Gasteiger partial charge in [-0.15, -0.1) is 0 Å². The number of alkyl halides is 3. The first kappa shape index (κ1) is 21.1. The maximum atomic E-state index is 12.0. The zero-order chi connectivity index (χ0) is 17.8. The first-order valence-corrected chi connectivity index (χ1v) is 9.20. The Bertz CT molecular complexity index is 617. The highest BCUT2D eigenvalue weighted by atomic mass is 32.3. The van der Waals surface area contributed by atoms with E-state index in [1.165, 1.54) is 0 Å². The van der Waals surface area contributed by atoms with Crippen LogP contribution in [0.5, 0.6) is 0 Å². The number of carbonyl (C=O) groups is 1. The topological polar surface area (TPSA) is 110 Å². The summed E-state index contributed by atoms with van der Waals surface area (Å²) < 4.78 is 84.7. The molecule has 0 saturated heterocycles.